The maximum Gasteiger partial charge on any atom is 0.298 e. The monoisotopic (exact) mass is 753 g/mol. The molecule has 16 heteroatoms. The van der Waals surface area contributed by atoms with Crippen molar-refractivity contribution < 1.29 is 23.4 Å². The van der Waals surface area contributed by atoms with E-state index in [0.29, 0.717) is 65.7 Å². The zero-order valence-corrected chi connectivity index (χ0v) is 30.1. The van der Waals surface area contributed by atoms with Crippen molar-refractivity contribution in [3.8, 4) is 11.4 Å². The van der Waals surface area contributed by atoms with Gasteiger partial charge in [0, 0.05) is 42.5 Å². The molecule has 2 aliphatic heterocycles. The molecule has 0 spiro atoms. The number of halogens is 2. The standard InChI is InChI=1S/C38H37F2N9O4S/c1-37(11-13-46(14-12-37)20-38(52,21-47-23-42-22-43-47)27-9-7-24(39)17-28(27)40)45-34(50)32-19-30-35(54-32)44-33(41)36(51)49(30)26-8-10-31-29(18-26)48(15-16-53-31)25-5-3-2-4-6-25/h2-10,17-19,22-23,52H,11-16,20-21H2,1H3,(H2,41,44)(H,45,50)/t38-/m1/s1. The number of hydrogen-bond donors (Lipinski definition) is 3. The van der Waals surface area contributed by atoms with Crippen molar-refractivity contribution in [1.82, 2.24) is 34.5 Å². The summed E-state index contributed by atoms with van der Waals surface area (Å²) >= 11 is 1.14. The van der Waals surface area contributed by atoms with Crippen LogP contribution in [0.4, 0.5) is 26.0 Å². The van der Waals surface area contributed by atoms with E-state index in [1.54, 1.807) is 12.1 Å². The molecule has 13 nitrogen and oxygen atoms in total. The summed E-state index contributed by atoms with van der Waals surface area (Å²) in [4.78, 5) is 40.6. The third kappa shape index (κ3) is 6.79. The van der Waals surface area contributed by atoms with Crippen molar-refractivity contribution in [3.63, 3.8) is 0 Å². The highest BCUT2D eigenvalue weighted by molar-refractivity contribution is 7.20. The number of hydrogen-bond acceptors (Lipinski definition) is 11. The Morgan fingerprint density at radius 2 is 1.83 bits per heavy atom. The number of fused-ring (bicyclic) bond motifs is 2. The van der Waals surface area contributed by atoms with E-state index < -0.39 is 28.3 Å². The average molecular weight is 754 g/mol. The number of ether oxygens (including phenoxy) is 1. The lowest BCUT2D eigenvalue weighted by molar-refractivity contribution is -0.0309. The van der Waals surface area contributed by atoms with Crippen molar-refractivity contribution in [2.45, 2.75) is 37.5 Å². The van der Waals surface area contributed by atoms with Crippen LogP contribution in [0.25, 0.3) is 16.0 Å². The largest absolute Gasteiger partial charge is 0.490 e. The first kappa shape index (κ1) is 35.3. The summed E-state index contributed by atoms with van der Waals surface area (Å²) in [6.45, 7) is 3.99. The first-order valence-corrected chi connectivity index (χ1v) is 18.3. The number of nitrogens with two attached hydrogens (primary N) is 1. The van der Waals surface area contributed by atoms with Gasteiger partial charge in [-0.25, -0.2) is 23.4 Å². The minimum Gasteiger partial charge on any atom is -0.490 e. The number of likely N-dealkylation sites (tertiary alicyclic amines) is 1. The van der Waals surface area contributed by atoms with Gasteiger partial charge in [-0.2, -0.15) is 5.10 Å². The molecule has 1 fully saturated rings. The Bertz CT molecular complexity index is 2400. The number of amides is 1. The molecule has 6 aromatic rings. The fourth-order valence-corrected chi connectivity index (χ4v) is 8.21. The molecule has 4 N–H and O–H groups in total. The predicted octanol–water partition coefficient (Wildman–Crippen LogP) is 4.60. The number of aromatic nitrogens is 5. The van der Waals surface area contributed by atoms with Gasteiger partial charge in [-0.05, 0) is 62.2 Å². The van der Waals surface area contributed by atoms with Crippen LogP contribution in [0.5, 0.6) is 5.75 Å². The van der Waals surface area contributed by atoms with E-state index in [4.69, 9.17) is 10.5 Å². The predicted molar refractivity (Wildman–Crippen MR) is 200 cm³/mol. The number of rotatable bonds is 9. The zero-order chi connectivity index (χ0) is 37.6. The Labute approximate surface area is 312 Å². The number of anilines is 3. The Morgan fingerprint density at radius 3 is 2.57 bits per heavy atom. The maximum atomic E-state index is 15.0. The summed E-state index contributed by atoms with van der Waals surface area (Å²) in [5, 5.41) is 19.1. The number of β-amino-alcohol motifs (C(OH)–C–C–N with tert-alkyl or cyclic N) is 1. The van der Waals surface area contributed by atoms with Gasteiger partial charge in [-0.15, -0.1) is 11.3 Å². The lowest BCUT2D eigenvalue weighted by Gasteiger charge is -2.42. The molecule has 278 valence electrons. The highest BCUT2D eigenvalue weighted by Gasteiger charge is 2.39. The van der Waals surface area contributed by atoms with E-state index in [9.17, 15) is 23.5 Å². The molecule has 54 heavy (non-hydrogen) atoms. The topological polar surface area (TPSA) is 157 Å². The van der Waals surface area contributed by atoms with Gasteiger partial charge in [0.1, 0.15) is 47.1 Å². The molecule has 0 aliphatic carbocycles. The first-order valence-electron chi connectivity index (χ1n) is 17.5. The van der Waals surface area contributed by atoms with Gasteiger partial charge in [0.05, 0.1) is 34.9 Å². The number of para-hydroxylation sites is 1. The van der Waals surface area contributed by atoms with E-state index in [-0.39, 0.29) is 30.4 Å². The fraction of sp³-hybridized carbons (Fsp3) is 0.289. The van der Waals surface area contributed by atoms with Gasteiger partial charge in [-0.3, -0.25) is 19.1 Å². The number of nitrogens with one attached hydrogen (secondary N) is 1. The molecule has 0 radical (unpaired) electrons. The van der Waals surface area contributed by atoms with Crippen LogP contribution in [-0.2, 0) is 12.1 Å². The quantitative estimate of drug-likeness (QED) is 0.191. The molecule has 3 aromatic carbocycles. The maximum absolute atomic E-state index is 15.0. The second-order valence-corrected chi connectivity index (χ2v) is 15.0. The molecule has 1 amide bonds. The van der Waals surface area contributed by atoms with Crippen LogP contribution in [-0.4, -0.2) is 78.6 Å². The molecule has 1 atom stereocenters. The van der Waals surface area contributed by atoms with Gasteiger partial charge in [0.2, 0.25) is 0 Å². The molecule has 3 aromatic heterocycles. The van der Waals surface area contributed by atoms with E-state index >= 15 is 0 Å². The minimum atomic E-state index is -1.74. The van der Waals surface area contributed by atoms with Crippen molar-refractivity contribution in [2.24, 2.45) is 0 Å². The molecule has 5 heterocycles. The zero-order valence-electron chi connectivity index (χ0n) is 29.3. The summed E-state index contributed by atoms with van der Waals surface area (Å²) in [6, 6.07) is 20.2. The van der Waals surface area contributed by atoms with Crippen molar-refractivity contribution in [3.05, 3.63) is 118 Å². The summed E-state index contributed by atoms with van der Waals surface area (Å²) in [5.74, 6) is -1.42. The Kier molecular flexibility index (Phi) is 9.11. The normalized spacial score (nSPS) is 16.8. The van der Waals surface area contributed by atoms with Gasteiger partial charge in [-0.1, -0.05) is 24.3 Å². The summed E-state index contributed by atoms with van der Waals surface area (Å²) in [5.41, 5.74) is 6.04. The smallest absolute Gasteiger partial charge is 0.298 e. The van der Waals surface area contributed by atoms with E-state index in [1.807, 2.05) is 54.3 Å². The highest BCUT2D eigenvalue weighted by atomic mass is 32.1. The minimum absolute atomic E-state index is 0.0400. The number of carbonyl (C=O) groups is 1. The SMILES string of the molecule is CC1(NC(=O)c2cc3c(nc(N)c(=O)n3-c3ccc4c(c3)N(c3ccccc3)CCO4)s2)CCN(C[C@@](O)(Cn2cncn2)c2ccc(F)cc2F)CC1. The van der Waals surface area contributed by atoms with Crippen LogP contribution in [0, 0.1) is 11.6 Å². The number of carbonyl (C=O) groups excluding carboxylic acids is 1. The van der Waals surface area contributed by atoms with Crippen LogP contribution in [0.2, 0.25) is 0 Å². The Morgan fingerprint density at radius 1 is 1.04 bits per heavy atom. The van der Waals surface area contributed by atoms with Crippen LogP contribution in [0.15, 0.2) is 90.2 Å². The summed E-state index contributed by atoms with van der Waals surface area (Å²) in [6.07, 6.45) is 3.80. The van der Waals surface area contributed by atoms with Gasteiger partial charge >= 0.3 is 0 Å². The molecular weight excluding hydrogens is 717 g/mol. The summed E-state index contributed by atoms with van der Waals surface area (Å²) in [7, 11) is 0. The first-order chi connectivity index (χ1) is 26.0. The van der Waals surface area contributed by atoms with Crippen molar-refractivity contribution in [1.29, 1.82) is 0 Å². The van der Waals surface area contributed by atoms with Crippen molar-refractivity contribution in [2.75, 3.05) is 43.4 Å². The van der Waals surface area contributed by atoms with Gasteiger partial charge in [0.25, 0.3) is 11.5 Å². The third-order valence-electron chi connectivity index (χ3n) is 10.1. The van der Waals surface area contributed by atoms with Crippen molar-refractivity contribution >= 4 is 44.8 Å². The van der Waals surface area contributed by atoms with E-state index in [2.05, 4.69) is 25.3 Å². The van der Waals surface area contributed by atoms with Crippen LogP contribution >= 0.6 is 11.3 Å². The number of nitrogens with zero attached hydrogens (tertiary/aromatic N) is 7. The lowest BCUT2D eigenvalue weighted by atomic mass is 9.87. The molecular formula is C38H37F2N9O4S. The molecule has 8 rings (SSSR count). The number of piperidine rings is 1. The average Bonchev–Trinajstić information content (AvgIpc) is 3.83. The highest BCUT2D eigenvalue weighted by Crippen LogP contribution is 2.39. The Hall–Kier alpha value is -5.71. The lowest BCUT2D eigenvalue weighted by Crippen LogP contribution is -2.55. The second kappa shape index (κ2) is 13.9. The fourth-order valence-electron chi connectivity index (χ4n) is 7.29. The second-order valence-electron chi connectivity index (χ2n) is 14.0. The third-order valence-corrected chi connectivity index (χ3v) is 11.1. The molecule has 2 aliphatic rings. The van der Waals surface area contributed by atoms with Crippen LogP contribution < -0.4 is 26.2 Å². The molecule has 0 bridgehead atoms. The molecule has 1 saturated heterocycles. The summed E-state index contributed by atoms with van der Waals surface area (Å²) < 4.78 is 37.6. The van der Waals surface area contributed by atoms with Gasteiger partial charge < -0.3 is 25.8 Å². The van der Waals surface area contributed by atoms with Crippen LogP contribution in [0.1, 0.15) is 35.0 Å². The van der Waals surface area contributed by atoms with E-state index in [1.165, 1.54) is 28.0 Å². The molecule has 0 unspecified atom stereocenters. The number of nitrogen functional groups attached to an aromatic ring is 1. The van der Waals surface area contributed by atoms with Gasteiger partial charge in [0.15, 0.2) is 5.82 Å². The number of benzene rings is 3. The number of thiophene rings is 1. The number of aliphatic hydroxyl groups is 1. The van der Waals surface area contributed by atoms with Crippen LogP contribution in [0.3, 0.4) is 0 Å². The molecule has 0 saturated carbocycles. The Balaban J connectivity index is 1.01. The van der Waals surface area contributed by atoms with E-state index in [0.717, 1.165) is 34.8 Å².